The number of halogens is 1. The quantitative estimate of drug-likeness (QED) is 0.432. The zero-order valence-corrected chi connectivity index (χ0v) is 9.68. The Kier molecular flexibility index (Phi) is 4.01. The molecule has 1 aromatic rings. The Bertz CT molecular complexity index is 467. The third-order valence-electron chi connectivity index (χ3n) is 1.61. The maximum absolute atomic E-state index is 10.7. The number of carboxylic acids is 1. The van der Waals surface area contributed by atoms with Crippen LogP contribution < -0.4 is 11.5 Å². The fraction of sp³-hybridized carbons (Fsp3) is 0. The molecule has 0 fully saturated rings. The van der Waals surface area contributed by atoms with Crippen molar-refractivity contribution in [2.45, 2.75) is 0 Å². The Morgan fingerprint density at radius 1 is 1.44 bits per heavy atom. The van der Waals surface area contributed by atoms with E-state index >= 15 is 0 Å². The summed E-state index contributed by atoms with van der Waals surface area (Å²) in [4.78, 5) is 10.7. The lowest BCUT2D eigenvalue weighted by atomic mass is 10.1. The number of guanidine groups is 1. The minimum absolute atomic E-state index is 0.161. The number of hydrogen-bond acceptors (Lipinski definition) is 3. The van der Waals surface area contributed by atoms with Crippen LogP contribution in [0.5, 0.6) is 0 Å². The zero-order valence-electron chi connectivity index (χ0n) is 8.09. The van der Waals surface area contributed by atoms with Crippen LogP contribution in [0.25, 0.3) is 0 Å². The lowest BCUT2D eigenvalue weighted by Crippen LogP contribution is -2.21. The largest absolute Gasteiger partial charge is 0.478 e. The summed E-state index contributed by atoms with van der Waals surface area (Å²) >= 11 is 3.25. The van der Waals surface area contributed by atoms with E-state index in [4.69, 9.17) is 16.6 Å². The van der Waals surface area contributed by atoms with Gasteiger partial charge in [0.2, 0.25) is 5.96 Å². The van der Waals surface area contributed by atoms with E-state index in [2.05, 4.69) is 26.1 Å². The Morgan fingerprint density at radius 3 is 2.69 bits per heavy atom. The predicted octanol–water partition coefficient (Wildman–Crippen LogP) is 0.755. The second-order valence-electron chi connectivity index (χ2n) is 2.81. The fourth-order valence-electron chi connectivity index (χ4n) is 0.933. The van der Waals surface area contributed by atoms with E-state index in [0.717, 1.165) is 0 Å². The van der Waals surface area contributed by atoms with Crippen molar-refractivity contribution in [2.24, 2.45) is 21.7 Å². The highest BCUT2D eigenvalue weighted by Gasteiger charge is 2.05. The number of carbonyl (C=O) groups is 1. The van der Waals surface area contributed by atoms with Crippen molar-refractivity contribution in [3.63, 3.8) is 0 Å². The summed E-state index contributed by atoms with van der Waals surface area (Å²) in [5, 5.41) is 15.8. The average Bonchev–Trinajstić information content (AvgIpc) is 2.20. The number of carboxylic acid groups (broad SMARTS) is 1. The molecule has 5 N–H and O–H groups in total. The molecule has 0 saturated heterocycles. The van der Waals surface area contributed by atoms with E-state index in [9.17, 15) is 4.79 Å². The van der Waals surface area contributed by atoms with Gasteiger partial charge < -0.3 is 16.6 Å². The number of aromatic carboxylic acids is 1. The van der Waals surface area contributed by atoms with Crippen LogP contribution in [-0.4, -0.2) is 23.2 Å². The molecule has 0 radical (unpaired) electrons. The molecule has 0 aliphatic carbocycles. The van der Waals surface area contributed by atoms with E-state index in [-0.39, 0.29) is 11.5 Å². The highest BCUT2D eigenvalue weighted by molar-refractivity contribution is 9.10. The van der Waals surface area contributed by atoms with Gasteiger partial charge in [0.15, 0.2) is 0 Å². The Labute approximate surface area is 99.8 Å². The maximum Gasteiger partial charge on any atom is 0.335 e. The molecule has 0 bridgehead atoms. The van der Waals surface area contributed by atoms with Crippen LogP contribution in [0.1, 0.15) is 15.9 Å². The number of benzene rings is 1. The summed E-state index contributed by atoms with van der Waals surface area (Å²) in [5.41, 5.74) is 10.9. The first-order valence-electron chi connectivity index (χ1n) is 4.15. The monoisotopic (exact) mass is 284 g/mol. The van der Waals surface area contributed by atoms with Crippen LogP contribution in [0, 0.1) is 0 Å². The minimum atomic E-state index is -1.01. The van der Waals surface area contributed by atoms with E-state index in [1.807, 2.05) is 0 Å². The molecule has 0 aromatic heterocycles. The Hall–Kier alpha value is -1.89. The minimum Gasteiger partial charge on any atom is -0.478 e. The molecule has 0 aliphatic heterocycles. The molecule has 7 heteroatoms. The first-order valence-corrected chi connectivity index (χ1v) is 4.95. The van der Waals surface area contributed by atoms with Gasteiger partial charge in [0, 0.05) is 10.0 Å². The van der Waals surface area contributed by atoms with Crippen molar-refractivity contribution < 1.29 is 9.90 Å². The van der Waals surface area contributed by atoms with Gasteiger partial charge in [-0.1, -0.05) is 15.9 Å². The van der Waals surface area contributed by atoms with E-state index < -0.39 is 5.97 Å². The summed E-state index contributed by atoms with van der Waals surface area (Å²) in [5.74, 6) is -1.18. The number of hydrogen-bond donors (Lipinski definition) is 3. The summed E-state index contributed by atoms with van der Waals surface area (Å²) in [7, 11) is 0. The van der Waals surface area contributed by atoms with Gasteiger partial charge in [-0.2, -0.15) is 5.10 Å². The van der Waals surface area contributed by atoms with E-state index in [0.29, 0.717) is 10.0 Å². The molecule has 0 amide bonds. The number of nitrogens with two attached hydrogens (primary N) is 2. The van der Waals surface area contributed by atoms with Gasteiger partial charge in [-0.05, 0) is 18.2 Å². The van der Waals surface area contributed by atoms with Gasteiger partial charge in [0.1, 0.15) is 0 Å². The first-order chi connectivity index (χ1) is 7.50. The fourth-order valence-corrected chi connectivity index (χ4v) is 1.28. The van der Waals surface area contributed by atoms with Crippen molar-refractivity contribution in [2.75, 3.05) is 0 Å². The molecule has 6 nitrogen and oxygen atoms in total. The molecule has 0 unspecified atom stereocenters. The highest BCUT2D eigenvalue weighted by atomic mass is 79.9. The van der Waals surface area contributed by atoms with Crippen molar-refractivity contribution >= 4 is 34.1 Å². The third kappa shape index (κ3) is 3.35. The molecule has 0 heterocycles. The molecular formula is C9H9BrN4O2. The van der Waals surface area contributed by atoms with Gasteiger partial charge in [-0.3, -0.25) is 0 Å². The van der Waals surface area contributed by atoms with Crippen LogP contribution >= 0.6 is 15.9 Å². The van der Waals surface area contributed by atoms with Gasteiger partial charge in [-0.15, -0.1) is 5.10 Å². The average molecular weight is 285 g/mol. The number of nitrogens with zero attached hydrogens (tertiary/aromatic N) is 2. The third-order valence-corrected chi connectivity index (χ3v) is 2.34. The second kappa shape index (κ2) is 5.26. The predicted molar refractivity (Wildman–Crippen MR) is 64.5 cm³/mol. The highest BCUT2D eigenvalue weighted by Crippen LogP contribution is 2.16. The van der Waals surface area contributed by atoms with Crippen LogP contribution in [-0.2, 0) is 0 Å². The normalized spacial score (nSPS) is 10.3. The molecule has 0 saturated carbocycles. The number of rotatable bonds is 3. The van der Waals surface area contributed by atoms with Crippen LogP contribution in [0.2, 0.25) is 0 Å². The van der Waals surface area contributed by atoms with Crippen LogP contribution in [0.3, 0.4) is 0 Å². The zero-order chi connectivity index (χ0) is 12.1. The first kappa shape index (κ1) is 12.2. The second-order valence-corrected chi connectivity index (χ2v) is 3.67. The summed E-state index contributed by atoms with van der Waals surface area (Å²) in [6.07, 6.45) is 1.36. The standard InChI is InChI=1S/C9H9BrN4O2/c10-7-2-1-5(8(15)16)3-6(7)4-13-14-9(11)12/h1-4H,(H,15,16)(H4,11,12,14). The molecule has 1 rings (SSSR count). The van der Waals surface area contributed by atoms with Gasteiger partial charge in [-0.25, -0.2) is 4.79 Å². The Balaban J connectivity index is 3.03. The summed E-state index contributed by atoms with van der Waals surface area (Å²) < 4.78 is 0.701. The van der Waals surface area contributed by atoms with Gasteiger partial charge in [0.25, 0.3) is 0 Å². The van der Waals surface area contributed by atoms with Crippen molar-refractivity contribution in [1.29, 1.82) is 0 Å². The van der Waals surface area contributed by atoms with Gasteiger partial charge in [0.05, 0.1) is 11.8 Å². The lowest BCUT2D eigenvalue weighted by molar-refractivity contribution is 0.0697. The van der Waals surface area contributed by atoms with E-state index in [1.54, 1.807) is 6.07 Å². The molecule has 0 spiro atoms. The molecule has 0 atom stereocenters. The maximum atomic E-state index is 10.7. The smallest absolute Gasteiger partial charge is 0.335 e. The Morgan fingerprint density at radius 2 is 2.12 bits per heavy atom. The van der Waals surface area contributed by atoms with E-state index in [1.165, 1.54) is 18.3 Å². The van der Waals surface area contributed by atoms with Gasteiger partial charge >= 0.3 is 5.97 Å². The van der Waals surface area contributed by atoms with Crippen molar-refractivity contribution in [3.05, 3.63) is 33.8 Å². The van der Waals surface area contributed by atoms with Crippen molar-refractivity contribution in [1.82, 2.24) is 0 Å². The molecule has 0 aliphatic rings. The molecule has 1 aromatic carbocycles. The van der Waals surface area contributed by atoms with Crippen molar-refractivity contribution in [3.8, 4) is 0 Å². The lowest BCUT2D eigenvalue weighted by Gasteiger charge is -1.99. The summed E-state index contributed by atoms with van der Waals surface area (Å²) in [6, 6.07) is 4.54. The molecular weight excluding hydrogens is 276 g/mol. The van der Waals surface area contributed by atoms with Crippen LogP contribution in [0.4, 0.5) is 0 Å². The van der Waals surface area contributed by atoms with Crippen LogP contribution in [0.15, 0.2) is 32.9 Å². The topological polar surface area (TPSA) is 114 Å². The molecule has 16 heavy (non-hydrogen) atoms. The SMILES string of the molecule is NC(N)=NN=Cc1cc(C(=O)O)ccc1Br. The summed E-state index contributed by atoms with van der Waals surface area (Å²) in [6.45, 7) is 0. The molecule has 84 valence electrons.